The fourth-order valence-electron chi connectivity index (χ4n) is 10.00. The summed E-state index contributed by atoms with van der Waals surface area (Å²) < 4.78 is 21.3. The van der Waals surface area contributed by atoms with Crippen LogP contribution in [0.2, 0.25) is 0 Å². The van der Waals surface area contributed by atoms with Crippen LogP contribution >= 0.6 is 34.9 Å². The normalized spacial score (nSPS) is 15.5. The number of imidazole rings is 1. The Hall–Kier alpha value is -9.04. The van der Waals surface area contributed by atoms with Crippen molar-refractivity contribution in [3.05, 3.63) is 250 Å². The number of methoxy groups -OCH3 is 1. The van der Waals surface area contributed by atoms with Gasteiger partial charge in [0.05, 0.1) is 12.6 Å². The lowest BCUT2D eigenvalue weighted by atomic mass is 9.77. The predicted octanol–water partition coefficient (Wildman–Crippen LogP) is 9.90. The summed E-state index contributed by atoms with van der Waals surface area (Å²) in [6.07, 6.45) is 1.81. The Kier molecular flexibility index (Phi) is 16.8. The van der Waals surface area contributed by atoms with E-state index < -0.39 is 52.9 Å². The number of fused-ring (bicyclic) bond motifs is 2. The zero-order valence-corrected chi connectivity index (χ0v) is 48.1. The average molecular weight is 1160 g/mol. The number of oxime groups is 1. The number of carbonyl (C=O) groups is 4. The molecule has 1 fully saturated rings. The van der Waals surface area contributed by atoms with Gasteiger partial charge in [0, 0.05) is 30.0 Å². The lowest BCUT2D eigenvalue weighted by molar-refractivity contribution is -0.670. The number of benzene rings is 6. The first kappa shape index (κ1) is 55.8. The summed E-state index contributed by atoms with van der Waals surface area (Å²) in [5.74, 6) is -1.46. The molecule has 83 heavy (non-hydrogen) atoms. The molecule has 3 aromatic heterocycles. The van der Waals surface area contributed by atoms with Gasteiger partial charge in [-0.1, -0.05) is 181 Å². The van der Waals surface area contributed by atoms with Crippen LogP contribution in [-0.4, -0.2) is 85.0 Å². The zero-order chi connectivity index (χ0) is 57.5. The summed E-state index contributed by atoms with van der Waals surface area (Å²) in [6, 6.07) is 56.7. The van der Waals surface area contributed by atoms with E-state index in [0.717, 1.165) is 49.6 Å². The van der Waals surface area contributed by atoms with Crippen molar-refractivity contribution in [2.45, 2.75) is 47.8 Å². The monoisotopic (exact) mass is 1160 g/mol. The van der Waals surface area contributed by atoms with Gasteiger partial charge in [-0.05, 0) is 58.0 Å². The fraction of sp³-hybridized carbons (Fsp3) is 0.188. The zero-order valence-electron chi connectivity index (χ0n) is 45.7. The minimum atomic E-state index is -1.32. The third-order valence-corrected chi connectivity index (χ3v) is 17.5. The molecule has 9 aromatic rings. The number of esters is 2. The number of amides is 2. The third-order valence-electron chi connectivity index (χ3n) is 14.3. The predicted molar refractivity (Wildman–Crippen MR) is 320 cm³/mol. The molecular formula is C64H57N8O8S3+. The molecule has 6 aromatic carbocycles. The van der Waals surface area contributed by atoms with Crippen molar-refractivity contribution in [2.75, 3.05) is 23.9 Å². The maximum atomic E-state index is 15.0. The van der Waals surface area contributed by atoms with Crippen molar-refractivity contribution in [3.8, 4) is 5.75 Å². The summed E-state index contributed by atoms with van der Waals surface area (Å²) in [4.78, 5) is 75.4. The van der Waals surface area contributed by atoms with Gasteiger partial charge in [-0.15, -0.1) is 23.1 Å². The van der Waals surface area contributed by atoms with Crippen LogP contribution in [0.3, 0.4) is 0 Å². The Morgan fingerprint density at radius 1 is 0.807 bits per heavy atom. The number of nitrogens with zero attached hydrogens (tertiary/aromatic N) is 6. The summed E-state index contributed by atoms with van der Waals surface area (Å²) >= 11 is 4.09. The van der Waals surface area contributed by atoms with Crippen LogP contribution in [0.4, 0.5) is 5.13 Å². The number of anilines is 1. The average Bonchev–Trinajstić information content (AvgIpc) is 3.05. The van der Waals surface area contributed by atoms with Crippen LogP contribution in [0.1, 0.15) is 52.1 Å². The summed E-state index contributed by atoms with van der Waals surface area (Å²) in [5.41, 5.74) is 6.36. The molecule has 16 nitrogen and oxygen atoms in total. The first-order valence-corrected chi connectivity index (χ1v) is 29.6. The van der Waals surface area contributed by atoms with E-state index in [1.54, 1.807) is 36.8 Å². The van der Waals surface area contributed by atoms with Gasteiger partial charge in [0.25, 0.3) is 11.8 Å². The molecule has 418 valence electrons. The molecule has 11 rings (SSSR count). The van der Waals surface area contributed by atoms with Gasteiger partial charge in [-0.25, -0.2) is 24.1 Å². The first-order valence-electron chi connectivity index (χ1n) is 26.7. The minimum Gasteiger partial charge on any atom is -0.497 e. The van der Waals surface area contributed by atoms with Crippen LogP contribution < -0.4 is 19.9 Å². The number of hydrogen-bond donors (Lipinski definition) is 2. The van der Waals surface area contributed by atoms with Crippen LogP contribution in [0.25, 0.3) is 11.0 Å². The largest absolute Gasteiger partial charge is 0.497 e. The highest BCUT2D eigenvalue weighted by molar-refractivity contribution is 8.01. The molecule has 0 bridgehead atoms. The van der Waals surface area contributed by atoms with Crippen LogP contribution in [0.15, 0.2) is 221 Å². The Morgan fingerprint density at radius 3 is 1.99 bits per heavy atom. The second-order valence-corrected chi connectivity index (χ2v) is 22.6. The number of thiazole rings is 1. The Labute approximate surface area is 492 Å². The molecule has 2 aliphatic rings. The summed E-state index contributed by atoms with van der Waals surface area (Å²) in [5, 5.41) is 13.2. The van der Waals surface area contributed by atoms with Crippen molar-refractivity contribution in [1.29, 1.82) is 0 Å². The Morgan fingerprint density at radius 2 is 1.40 bits per heavy atom. The molecule has 0 saturated carbocycles. The van der Waals surface area contributed by atoms with Crippen molar-refractivity contribution >= 4 is 80.5 Å². The van der Waals surface area contributed by atoms with E-state index in [1.165, 1.54) is 46.7 Å². The highest BCUT2D eigenvalue weighted by Gasteiger charge is 2.55. The minimum absolute atomic E-state index is 0.0624. The molecule has 5 heterocycles. The summed E-state index contributed by atoms with van der Waals surface area (Å²) in [7, 11) is 5.44. The maximum Gasteiger partial charge on any atom is 0.355 e. The van der Waals surface area contributed by atoms with E-state index in [1.807, 2.05) is 193 Å². The molecule has 1 unspecified atom stereocenters. The molecule has 2 aliphatic heterocycles. The van der Waals surface area contributed by atoms with Gasteiger partial charge >= 0.3 is 11.9 Å². The highest BCUT2D eigenvalue weighted by atomic mass is 32.2. The van der Waals surface area contributed by atoms with Crippen molar-refractivity contribution in [2.24, 2.45) is 19.3 Å². The number of thioether (sulfide) groups is 2. The highest BCUT2D eigenvalue weighted by Crippen LogP contribution is 2.44. The lowest BCUT2D eigenvalue weighted by Crippen LogP contribution is -2.71. The fourth-order valence-corrected chi connectivity index (χ4v) is 13.2. The van der Waals surface area contributed by atoms with E-state index in [9.17, 15) is 14.4 Å². The van der Waals surface area contributed by atoms with E-state index >= 15 is 4.79 Å². The number of aryl methyl sites for hydroxylation is 2. The number of nitrogens with one attached hydrogen (secondary N) is 2. The number of pyridine rings is 1. The smallest absolute Gasteiger partial charge is 0.355 e. The third kappa shape index (κ3) is 11.9. The number of carbonyl (C=O) groups excluding carboxylic acids is 4. The van der Waals surface area contributed by atoms with Crippen LogP contribution in [-0.2, 0) is 59.7 Å². The number of hydrogen-bond acceptors (Lipinski definition) is 15. The Balaban J connectivity index is 0.901. The maximum absolute atomic E-state index is 15.0. The first-order chi connectivity index (χ1) is 40.5. The number of rotatable bonds is 21. The number of ether oxygens (including phenoxy) is 3. The topological polar surface area (TPSA) is 179 Å². The van der Waals surface area contributed by atoms with Crippen molar-refractivity contribution in [1.82, 2.24) is 24.8 Å². The van der Waals surface area contributed by atoms with Gasteiger partial charge in [0.2, 0.25) is 6.10 Å². The lowest BCUT2D eigenvalue weighted by Gasteiger charge is -2.49. The molecule has 2 amide bonds. The molecule has 0 spiro atoms. The molecular weight excluding hydrogens is 1100 g/mol. The van der Waals surface area contributed by atoms with Gasteiger partial charge < -0.3 is 34.2 Å². The standard InChI is InChI=1S/C64H56N8O8S3/c1-41(60(75)79-56(43-20-10-5-11-21-43)44-22-12-6-13-23-44)80-69-53(51-40-82-62(65-51)68-64(46-24-14-7-15-25-46,47-26-16-8-17-27-47)48-28-18-9-19-29-48)57(73)67-54-58(74)72-55(61(76)78-37-42-30-32-49(77-4)33-31-42)45(38-81-59(54)72)39-83-63-66-50-36-70(2)35-34-52(50)71(63)3/h5-36,40-41,54,56,59H,37-39H2,1-4H3,(H-,65,67,68,73)/p+1/b69-53-/t41-,54?,59-/m0/s1. The van der Waals surface area contributed by atoms with Gasteiger partial charge in [-0.2, -0.15) is 0 Å². The van der Waals surface area contributed by atoms with Gasteiger partial charge in [-0.3, -0.25) is 14.5 Å². The molecule has 3 atom stereocenters. The summed E-state index contributed by atoms with van der Waals surface area (Å²) in [6.45, 7) is 1.42. The van der Waals surface area contributed by atoms with Gasteiger partial charge in [0.1, 0.15) is 47.7 Å². The van der Waals surface area contributed by atoms with Crippen LogP contribution in [0, 0.1) is 0 Å². The second-order valence-electron chi connectivity index (χ2n) is 19.7. The van der Waals surface area contributed by atoms with Crippen molar-refractivity contribution in [3.63, 3.8) is 0 Å². The Bertz CT molecular complexity index is 3710. The van der Waals surface area contributed by atoms with E-state index in [0.29, 0.717) is 28.0 Å². The van der Waals surface area contributed by atoms with Crippen LogP contribution in [0.5, 0.6) is 5.75 Å². The number of aromatic nitrogens is 4. The number of β-lactam (4-membered cyclic amide) rings is 1. The molecule has 0 radical (unpaired) electrons. The quantitative estimate of drug-likeness (QED) is 0.0132. The van der Waals surface area contributed by atoms with Crippen molar-refractivity contribution < 1.29 is 42.8 Å². The van der Waals surface area contributed by atoms with E-state index in [-0.39, 0.29) is 23.7 Å². The molecule has 0 aliphatic carbocycles. The molecule has 1 saturated heterocycles. The second kappa shape index (κ2) is 25.0. The molecule has 2 N–H and O–H groups in total. The van der Waals surface area contributed by atoms with E-state index in [2.05, 4.69) is 15.8 Å². The SMILES string of the molecule is COc1ccc(COC(=O)C2=C(CSc3nc4c[n+](C)ccc4n3C)CS[C@H]3C(NC(=O)/C(=N\O[C@@H](C)C(=O)OC(c4ccccc4)c4ccccc4)c4csc(NC(c5ccccc5)(c5ccccc5)c5ccccc5)n4)C(=O)N23)cc1. The molecule has 19 heteroatoms. The van der Waals surface area contributed by atoms with E-state index in [4.69, 9.17) is 29.0 Å². The van der Waals surface area contributed by atoms with Gasteiger partial charge in [0.15, 0.2) is 40.0 Å².